The molecule has 1 aliphatic rings. The Kier molecular flexibility index (Phi) is 3.69. The number of aromatic nitrogens is 3. The number of para-hydroxylation sites is 2. The van der Waals surface area contributed by atoms with E-state index in [0.29, 0.717) is 12.1 Å². The number of hydrogen-bond acceptors (Lipinski definition) is 4. The molecule has 1 aromatic carbocycles. The van der Waals surface area contributed by atoms with Crippen molar-refractivity contribution in [2.75, 3.05) is 18.4 Å². The van der Waals surface area contributed by atoms with E-state index in [1.54, 1.807) is 17.3 Å². The van der Waals surface area contributed by atoms with Crippen LogP contribution >= 0.6 is 0 Å². The second-order valence-electron chi connectivity index (χ2n) is 5.58. The molecule has 2 aromatic rings. The topological polar surface area (TPSA) is 46.0 Å². The first-order valence-electron chi connectivity index (χ1n) is 7.18. The van der Waals surface area contributed by atoms with Gasteiger partial charge in [-0.05, 0) is 32.4 Å². The van der Waals surface area contributed by atoms with E-state index in [0.717, 1.165) is 17.9 Å². The molecule has 0 radical (unpaired) electrons. The van der Waals surface area contributed by atoms with E-state index in [1.807, 2.05) is 6.07 Å². The van der Waals surface area contributed by atoms with Gasteiger partial charge in [0.15, 0.2) is 0 Å². The van der Waals surface area contributed by atoms with Gasteiger partial charge >= 0.3 is 0 Å². The summed E-state index contributed by atoms with van der Waals surface area (Å²) in [5.41, 5.74) is 2.17. The number of anilines is 1. The average Bonchev–Trinajstić information content (AvgIpc) is 3.10. The lowest BCUT2D eigenvalue weighted by Gasteiger charge is -2.21. The van der Waals surface area contributed by atoms with Crippen LogP contribution in [0.1, 0.15) is 20.3 Å². The minimum Gasteiger partial charge on any atom is -0.379 e. The van der Waals surface area contributed by atoms with Crippen molar-refractivity contribution in [3.05, 3.63) is 36.9 Å². The molecular weight excluding hydrogens is 250 g/mol. The standard InChI is InChI=1S/C15H21N5/c1-12(2)19-8-7-13(9-19)18-14-5-3-4-6-15(14)20-11-16-10-17-20/h3-6,10-13,18H,7-9H2,1-2H3. The zero-order chi connectivity index (χ0) is 13.9. The second-order valence-corrected chi connectivity index (χ2v) is 5.58. The van der Waals surface area contributed by atoms with Crippen LogP contribution < -0.4 is 5.32 Å². The van der Waals surface area contributed by atoms with E-state index in [4.69, 9.17) is 0 Å². The van der Waals surface area contributed by atoms with Crippen LogP contribution in [0.25, 0.3) is 5.69 Å². The Bertz CT molecular complexity index is 549. The number of nitrogens with one attached hydrogen (secondary N) is 1. The molecule has 1 fully saturated rings. The predicted octanol–water partition coefficient (Wildman–Crippen LogP) is 2.16. The van der Waals surface area contributed by atoms with Crippen LogP contribution in [-0.2, 0) is 0 Å². The van der Waals surface area contributed by atoms with Crippen LogP contribution in [0.5, 0.6) is 0 Å². The molecule has 3 rings (SSSR count). The maximum absolute atomic E-state index is 4.22. The molecule has 0 aliphatic carbocycles. The number of hydrogen-bond donors (Lipinski definition) is 1. The van der Waals surface area contributed by atoms with Crippen LogP contribution in [0.15, 0.2) is 36.9 Å². The molecule has 1 aromatic heterocycles. The van der Waals surface area contributed by atoms with Gasteiger partial charge in [0.05, 0.1) is 11.4 Å². The van der Waals surface area contributed by atoms with Crippen LogP contribution in [0.2, 0.25) is 0 Å². The van der Waals surface area contributed by atoms with Gasteiger partial charge in [-0.1, -0.05) is 12.1 Å². The first-order valence-corrected chi connectivity index (χ1v) is 7.18. The van der Waals surface area contributed by atoms with Gasteiger partial charge in [0.1, 0.15) is 12.7 Å². The summed E-state index contributed by atoms with van der Waals surface area (Å²) >= 11 is 0. The number of rotatable bonds is 4. The maximum Gasteiger partial charge on any atom is 0.138 e. The summed E-state index contributed by atoms with van der Waals surface area (Å²) in [5, 5.41) is 7.87. The Balaban J connectivity index is 1.76. The predicted molar refractivity (Wildman–Crippen MR) is 80.1 cm³/mol. The van der Waals surface area contributed by atoms with Crippen molar-refractivity contribution < 1.29 is 0 Å². The first-order chi connectivity index (χ1) is 9.74. The van der Waals surface area contributed by atoms with Crippen molar-refractivity contribution in [2.45, 2.75) is 32.4 Å². The first kappa shape index (κ1) is 13.1. The molecule has 2 heterocycles. The fourth-order valence-electron chi connectivity index (χ4n) is 2.72. The molecule has 5 nitrogen and oxygen atoms in total. The van der Waals surface area contributed by atoms with Gasteiger partial charge in [0.25, 0.3) is 0 Å². The molecule has 106 valence electrons. The lowest BCUT2D eigenvalue weighted by molar-refractivity contribution is 0.274. The van der Waals surface area contributed by atoms with Crippen molar-refractivity contribution in [1.29, 1.82) is 0 Å². The number of nitrogens with zero attached hydrogens (tertiary/aromatic N) is 4. The third-order valence-corrected chi connectivity index (χ3v) is 3.88. The van der Waals surface area contributed by atoms with E-state index < -0.39 is 0 Å². The molecule has 0 saturated carbocycles. The second kappa shape index (κ2) is 5.63. The average molecular weight is 271 g/mol. The molecule has 5 heteroatoms. The van der Waals surface area contributed by atoms with Crippen molar-refractivity contribution in [2.24, 2.45) is 0 Å². The zero-order valence-corrected chi connectivity index (χ0v) is 12.0. The SMILES string of the molecule is CC(C)N1CCC(Nc2ccccc2-n2cncn2)C1. The summed E-state index contributed by atoms with van der Waals surface area (Å²) < 4.78 is 1.80. The highest BCUT2D eigenvalue weighted by molar-refractivity contribution is 5.61. The van der Waals surface area contributed by atoms with E-state index in [1.165, 1.54) is 13.0 Å². The molecule has 0 bridgehead atoms. The van der Waals surface area contributed by atoms with E-state index in [9.17, 15) is 0 Å². The molecule has 1 unspecified atom stereocenters. The Morgan fingerprint density at radius 3 is 2.85 bits per heavy atom. The van der Waals surface area contributed by atoms with Crippen LogP contribution in [0.4, 0.5) is 5.69 Å². The lowest BCUT2D eigenvalue weighted by atomic mass is 10.2. The summed E-state index contributed by atoms with van der Waals surface area (Å²) in [5.74, 6) is 0. The van der Waals surface area contributed by atoms with Crippen LogP contribution in [0, 0.1) is 0 Å². The minimum absolute atomic E-state index is 0.502. The molecular formula is C15H21N5. The number of likely N-dealkylation sites (tertiary alicyclic amines) is 1. The van der Waals surface area contributed by atoms with Gasteiger partial charge in [-0.2, -0.15) is 5.10 Å². The minimum atomic E-state index is 0.502. The monoisotopic (exact) mass is 271 g/mol. The Hall–Kier alpha value is -1.88. The smallest absolute Gasteiger partial charge is 0.138 e. The largest absolute Gasteiger partial charge is 0.379 e. The normalized spacial score (nSPS) is 19.6. The summed E-state index contributed by atoms with van der Waals surface area (Å²) in [6.07, 6.45) is 4.48. The molecule has 1 saturated heterocycles. The highest BCUT2D eigenvalue weighted by Gasteiger charge is 2.24. The van der Waals surface area contributed by atoms with Crippen LogP contribution in [-0.4, -0.2) is 44.8 Å². The van der Waals surface area contributed by atoms with Crippen molar-refractivity contribution >= 4 is 5.69 Å². The molecule has 1 N–H and O–H groups in total. The highest BCUT2D eigenvalue weighted by atomic mass is 15.3. The van der Waals surface area contributed by atoms with Crippen molar-refractivity contribution in [3.8, 4) is 5.69 Å². The van der Waals surface area contributed by atoms with E-state index >= 15 is 0 Å². The van der Waals surface area contributed by atoms with E-state index in [-0.39, 0.29) is 0 Å². The van der Waals surface area contributed by atoms with Gasteiger partial charge in [0, 0.05) is 25.2 Å². The van der Waals surface area contributed by atoms with Crippen LogP contribution in [0.3, 0.4) is 0 Å². The van der Waals surface area contributed by atoms with Gasteiger partial charge < -0.3 is 5.32 Å². The van der Waals surface area contributed by atoms with Crippen molar-refractivity contribution in [1.82, 2.24) is 19.7 Å². The third-order valence-electron chi connectivity index (χ3n) is 3.88. The quantitative estimate of drug-likeness (QED) is 0.925. The third kappa shape index (κ3) is 2.67. The molecule has 20 heavy (non-hydrogen) atoms. The Morgan fingerprint density at radius 1 is 1.30 bits per heavy atom. The summed E-state index contributed by atoms with van der Waals surface area (Å²) in [4.78, 5) is 6.53. The fourth-order valence-corrected chi connectivity index (χ4v) is 2.72. The lowest BCUT2D eigenvalue weighted by Crippen LogP contribution is -2.31. The summed E-state index contributed by atoms with van der Waals surface area (Å²) in [6, 6.07) is 9.37. The maximum atomic E-state index is 4.22. The molecule has 1 atom stereocenters. The van der Waals surface area contributed by atoms with Crippen molar-refractivity contribution in [3.63, 3.8) is 0 Å². The molecule has 0 amide bonds. The van der Waals surface area contributed by atoms with Gasteiger partial charge in [-0.3, -0.25) is 4.90 Å². The van der Waals surface area contributed by atoms with Gasteiger partial charge in [-0.15, -0.1) is 0 Å². The zero-order valence-electron chi connectivity index (χ0n) is 12.0. The Morgan fingerprint density at radius 2 is 2.15 bits per heavy atom. The van der Waals surface area contributed by atoms with E-state index in [2.05, 4.69) is 52.3 Å². The molecule has 1 aliphatic heterocycles. The Labute approximate surface area is 119 Å². The summed E-state index contributed by atoms with van der Waals surface area (Å²) in [7, 11) is 0. The van der Waals surface area contributed by atoms with Gasteiger partial charge in [0.2, 0.25) is 0 Å². The highest BCUT2D eigenvalue weighted by Crippen LogP contribution is 2.23. The van der Waals surface area contributed by atoms with Gasteiger partial charge in [-0.25, -0.2) is 9.67 Å². The number of benzene rings is 1. The molecule has 0 spiro atoms. The summed E-state index contributed by atoms with van der Waals surface area (Å²) in [6.45, 7) is 6.78. The fraction of sp³-hybridized carbons (Fsp3) is 0.467.